The minimum atomic E-state index is -1.26. The predicted molar refractivity (Wildman–Crippen MR) is 101 cm³/mol. The van der Waals surface area contributed by atoms with Crippen LogP contribution in [0.5, 0.6) is 0 Å². The van der Waals surface area contributed by atoms with Crippen LogP contribution >= 0.6 is 0 Å². The van der Waals surface area contributed by atoms with E-state index < -0.39 is 36.0 Å². The van der Waals surface area contributed by atoms with Gasteiger partial charge in [0.1, 0.15) is 12.1 Å². The molecule has 0 saturated carbocycles. The van der Waals surface area contributed by atoms with Crippen LogP contribution in [0.15, 0.2) is 24.3 Å². The van der Waals surface area contributed by atoms with Gasteiger partial charge in [-0.05, 0) is 24.5 Å². The van der Waals surface area contributed by atoms with Gasteiger partial charge in [-0.15, -0.1) is 0 Å². The molecule has 2 rings (SSSR count). The van der Waals surface area contributed by atoms with E-state index in [1.54, 1.807) is 19.1 Å². The zero-order valence-corrected chi connectivity index (χ0v) is 16.3. The number of nitrogens with zero attached hydrogens (tertiary/aromatic N) is 1. The number of benzene rings is 1. The van der Waals surface area contributed by atoms with Crippen molar-refractivity contribution < 1.29 is 23.9 Å². The first-order valence-corrected chi connectivity index (χ1v) is 9.12. The fraction of sp³-hybridized carbons (Fsp3) is 0.474. The fourth-order valence-electron chi connectivity index (χ4n) is 2.95. The highest BCUT2D eigenvalue weighted by Crippen LogP contribution is 2.29. The lowest BCUT2D eigenvalue weighted by atomic mass is 9.91. The van der Waals surface area contributed by atoms with Crippen LogP contribution in [-0.2, 0) is 26.3 Å². The number of methoxy groups -OCH3 is 1. The number of aryl methyl sites for hydroxylation is 1. The minimum Gasteiger partial charge on any atom is -0.383 e. The summed E-state index contributed by atoms with van der Waals surface area (Å²) in [6.45, 7) is 3.65. The zero-order chi connectivity index (χ0) is 20.7. The minimum absolute atomic E-state index is 0.227. The van der Waals surface area contributed by atoms with Gasteiger partial charge >= 0.3 is 12.1 Å². The molecule has 0 bridgehead atoms. The predicted octanol–water partition coefficient (Wildman–Crippen LogP) is 0.878. The molecule has 1 heterocycles. The van der Waals surface area contributed by atoms with Gasteiger partial charge in [-0.2, -0.15) is 0 Å². The van der Waals surface area contributed by atoms with Gasteiger partial charge in [0.15, 0.2) is 0 Å². The number of nitrogens with one attached hydrogen (secondary N) is 3. The van der Waals surface area contributed by atoms with Gasteiger partial charge in [0.25, 0.3) is 5.91 Å². The summed E-state index contributed by atoms with van der Waals surface area (Å²) in [6, 6.07) is 6.04. The quantitative estimate of drug-likeness (QED) is 0.450. The Balaban J connectivity index is 2.02. The van der Waals surface area contributed by atoms with Crippen LogP contribution in [0.2, 0.25) is 0 Å². The van der Waals surface area contributed by atoms with Crippen molar-refractivity contribution in [2.24, 2.45) is 0 Å². The molecule has 152 valence electrons. The number of amides is 6. The molecule has 1 fully saturated rings. The van der Waals surface area contributed by atoms with Crippen LogP contribution in [0.1, 0.15) is 31.4 Å². The highest BCUT2D eigenvalue weighted by atomic mass is 16.5. The van der Waals surface area contributed by atoms with Gasteiger partial charge in [0, 0.05) is 13.7 Å². The van der Waals surface area contributed by atoms with E-state index in [1.165, 1.54) is 7.11 Å². The molecule has 1 aromatic carbocycles. The van der Waals surface area contributed by atoms with Crippen LogP contribution in [0.3, 0.4) is 0 Å². The number of imide groups is 2. The Labute approximate surface area is 163 Å². The Morgan fingerprint density at radius 2 is 1.89 bits per heavy atom. The van der Waals surface area contributed by atoms with Crippen LogP contribution in [-0.4, -0.2) is 55.6 Å². The first-order valence-electron chi connectivity index (χ1n) is 9.12. The third-order valence-electron chi connectivity index (χ3n) is 4.49. The number of carbonyl (C=O) groups excluding carboxylic acids is 4. The highest BCUT2D eigenvalue weighted by molar-refractivity contribution is 6.10. The van der Waals surface area contributed by atoms with Crippen molar-refractivity contribution in [2.75, 3.05) is 26.8 Å². The zero-order valence-electron chi connectivity index (χ0n) is 16.3. The average molecular weight is 390 g/mol. The van der Waals surface area contributed by atoms with Crippen LogP contribution < -0.4 is 16.0 Å². The van der Waals surface area contributed by atoms with Crippen molar-refractivity contribution in [2.45, 2.75) is 32.2 Å². The maximum absolute atomic E-state index is 12.8. The molecule has 1 saturated heterocycles. The highest BCUT2D eigenvalue weighted by Gasteiger charge is 2.49. The number of carbonyl (C=O) groups is 4. The van der Waals surface area contributed by atoms with Crippen LogP contribution in [0.25, 0.3) is 0 Å². The molecule has 3 N–H and O–H groups in total. The molecule has 9 heteroatoms. The number of urea groups is 2. The maximum atomic E-state index is 12.8. The number of hydrogen-bond acceptors (Lipinski definition) is 5. The molecule has 9 nitrogen and oxygen atoms in total. The number of ether oxygens (including phenoxy) is 1. The van der Waals surface area contributed by atoms with E-state index in [9.17, 15) is 19.2 Å². The van der Waals surface area contributed by atoms with Crippen molar-refractivity contribution in [3.05, 3.63) is 35.4 Å². The van der Waals surface area contributed by atoms with E-state index >= 15 is 0 Å². The summed E-state index contributed by atoms with van der Waals surface area (Å²) in [5.41, 5.74) is 0.510. The summed E-state index contributed by atoms with van der Waals surface area (Å²) in [4.78, 5) is 49.5. The van der Waals surface area contributed by atoms with Crippen molar-refractivity contribution in [1.29, 1.82) is 0 Å². The van der Waals surface area contributed by atoms with Crippen molar-refractivity contribution in [3.8, 4) is 0 Å². The second-order valence-corrected chi connectivity index (χ2v) is 6.69. The maximum Gasteiger partial charge on any atom is 0.325 e. The Bertz CT molecular complexity index is 749. The number of rotatable bonds is 8. The molecule has 0 radical (unpaired) electrons. The van der Waals surface area contributed by atoms with Gasteiger partial charge < -0.3 is 15.4 Å². The van der Waals surface area contributed by atoms with E-state index in [4.69, 9.17) is 4.74 Å². The molecule has 1 unspecified atom stereocenters. The molecule has 0 spiro atoms. The monoisotopic (exact) mass is 390 g/mol. The third kappa shape index (κ3) is 4.86. The molecular formula is C19H26N4O5. The molecule has 0 aromatic heterocycles. The Hall–Kier alpha value is -2.94. The standard InChI is InChI=1S/C19H26N4O5/c1-4-5-13-6-8-14(9-7-13)19(2)16(25)23(18(27)22-19)12-15(24)21-17(26)20-10-11-28-3/h6-9H,4-5,10-12H2,1-3H3,(H,22,27)(H2,20,21,24,26). The van der Waals surface area contributed by atoms with Crippen molar-refractivity contribution >= 4 is 23.9 Å². The van der Waals surface area contributed by atoms with Gasteiger partial charge in [-0.25, -0.2) is 9.59 Å². The first kappa shape index (κ1) is 21.4. The van der Waals surface area contributed by atoms with Gasteiger partial charge in [0.2, 0.25) is 5.91 Å². The molecule has 0 aliphatic carbocycles. The smallest absolute Gasteiger partial charge is 0.325 e. The van der Waals surface area contributed by atoms with Crippen LogP contribution in [0.4, 0.5) is 9.59 Å². The molecule has 1 atom stereocenters. The van der Waals surface area contributed by atoms with Crippen molar-refractivity contribution in [3.63, 3.8) is 0 Å². The Morgan fingerprint density at radius 3 is 2.50 bits per heavy atom. The second kappa shape index (κ2) is 9.32. The van der Waals surface area contributed by atoms with E-state index in [2.05, 4.69) is 22.9 Å². The van der Waals surface area contributed by atoms with Crippen LogP contribution in [0, 0.1) is 0 Å². The summed E-state index contributed by atoms with van der Waals surface area (Å²) >= 11 is 0. The molecular weight excluding hydrogens is 364 g/mol. The van der Waals surface area contributed by atoms with Gasteiger partial charge in [-0.3, -0.25) is 19.8 Å². The molecule has 1 aliphatic heterocycles. The van der Waals surface area contributed by atoms with E-state index in [0.29, 0.717) is 12.2 Å². The van der Waals surface area contributed by atoms with Crippen molar-refractivity contribution in [1.82, 2.24) is 20.9 Å². The molecule has 1 aromatic rings. The molecule has 1 aliphatic rings. The summed E-state index contributed by atoms with van der Waals surface area (Å²) in [7, 11) is 1.48. The third-order valence-corrected chi connectivity index (χ3v) is 4.49. The summed E-state index contributed by atoms with van der Waals surface area (Å²) in [6.07, 6.45) is 1.93. The van der Waals surface area contributed by atoms with E-state index in [-0.39, 0.29) is 6.54 Å². The summed E-state index contributed by atoms with van der Waals surface area (Å²) < 4.78 is 4.79. The Kier molecular flexibility index (Phi) is 7.11. The number of hydrogen-bond donors (Lipinski definition) is 3. The van der Waals surface area contributed by atoms with Gasteiger partial charge in [-0.1, -0.05) is 37.6 Å². The topological polar surface area (TPSA) is 117 Å². The fourth-order valence-corrected chi connectivity index (χ4v) is 2.95. The van der Waals surface area contributed by atoms with E-state index in [0.717, 1.165) is 23.3 Å². The second-order valence-electron chi connectivity index (χ2n) is 6.69. The summed E-state index contributed by atoms with van der Waals surface area (Å²) in [5.74, 6) is -1.31. The normalized spacial score (nSPS) is 18.8. The largest absolute Gasteiger partial charge is 0.383 e. The average Bonchev–Trinajstić information content (AvgIpc) is 2.87. The molecule has 6 amide bonds. The van der Waals surface area contributed by atoms with E-state index in [1.807, 2.05) is 12.1 Å². The first-order chi connectivity index (χ1) is 13.3. The lowest BCUT2D eigenvalue weighted by molar-refractivity contribution is -0.134. The SMILES string of the molecule is CCCc1ccc(C2(C)NC(=O)N(CC(=O)NC(=O)NCCOC)C2=O)cc1. The molecule has 28 heavy (non-hydrogen) atoms. The lowest BCUT2D eigenvalue weighted by Crippen LogP contribution is -2.47. The van der Waals surface area contributed by atoms with Gasteiger partial charge in [0.05, 0.1) is 6.61 Å². The lowest BCUT2D eigenvalue weighted by Gasteiger charge is -2.22. The Morgan fingerprint density at radius 1 is 1.21 bits per heavy atom. The summed E-state index contributed by atoms with van der Waals surface area (Å²) in [5, 5.41) is 7.14.